The Morgan fingerprint density at radius 3 is 1.49 bits per heavy atom. The van der Waals surface area contributed by atoms with E-state index in [2.05, 4.69) is 26.6 Å². The van der Waals surface area contributed by atoms with Crippen molar-refractivity contribution < 1.29 is 76.9 Å². The van der Waals surface area contributed by atoms with Crippen molar-refractivity contribution in [3.63, 3.8) is 0 Å². The third-order valence-corrected chi connectivity index (χ3v) is 17.6. The van der Waals surface area contributed by atoms with Gasteiger partial charge in [0.25, 0.3) is 0 Å². The molecule has 0 aliphatic carbocycles. The lowest BCUT2D eigenvalue weighted by Crippen LogP contribution is -2.63. The summed E-state index contributed by atoms with van der Waals surface area (Å²) in [6, 6.07) is -13.5. The Morgan fingerprint density at radius 2 is 0.990 bits per heavy atom. The average Bonchev–Trinajstić information content (AvgIpc) is 0.816. The summed E-state index contributed by atoms with van der Waals surface area (Å²) in [6.07, 6.45) is 2.65. The van der Waals surface area contributed by atoms with Gasteiger partial charge in [0.05, 0.1) is 39.1 Å². The summed E-state index contributed by atoms with van der Waals surface area (Å²) in [7, 11) is 9.70. The van der Waals surface area contributed by atoms with Crippen LogP contribution in [0, 0.1) is 41.4 Å². The predicted octanol–water partition coefficient (Wildman–Crippen LogP) is 2.43. The van der Waals surface area contributed by atoms with Gasteiger partial charge >= 0.3 is 0 Å². The molecule has 1 aliphatic rings. The second-order valence-electron chi connectivity index (χ2n) is 28.6. The van der Waals surface area contributed by atoms with E-state index in [1.54, 1.807) is 60.6 Å². The maximum Gasteiger partial charge on any atom is 0.247 e. The largest absolute Gasteiger partial charge is 0.390 e. The fraction of sp³-hybridized carbons (Fsp3) is 0.800. The van der Waals surface area contributed by atoms with E-state index < -0.39 is 175 Å². The molecule has 0 aromatic rings. The van der Waals surface area contributed by atoms with Gasteiger partial charge in [-0.1, -0.05) is 109 Å². The summed E-state index contributed by atoms with van der Waals surface area (Å²) in [6.45, 7) is 29.6. The fourth-order valence-electron chi connectivity index (χ4n) is 11.6. The number of hydrogen-bond donors (Lipinski definition) is 6. The Morgan fingerprint density at radius 1 is 0.520 bits per heavy atom. The minimum absolute atomic E-state index is 0.00124. The van der Waals surface area contributed by atoms with Crippen LogP contribution in [0.5, 0.6) is 0 Å². The van der Waals surface area contributed by atoms with Crippen molar-refractivity contribution in [2.45, 2.75) is 223 Å². The molecule has 0 saturated carbocycles. The zero-order chi connectivity index (χ0) is 75.3. The molecule has 1 fully saturated rings. The van der Waals surface area contributed by atoms with Crippen molar-refractivity contribution in [1.82, 2.24) is 60.9 Å². The molecule has 1 saturated heterocycles. The number of nitrogens with zero attached hydrogens (tertiary/aromatic N) is 7. The third-order valence-electron chi connectivity index (χ3n) is 17.6. The number of allylic oxidation sites excluding steroid dienone is 2. The first kappa shape index (κ1) is 89.2. The minimum atomic E-state index is -1.65. The van der Waals surface area contributed by atoms with Crippen molar-refractivity contribution in [3.8, 4) is 0 Å². The molecule has 1 aliphatic heterocycles. The lowest BCUT2D eigenvalue weighted by Gasteiger charge is -2.41. The van der Waals surface area contributed by atoms with Gasteiger partial charge in [-0.3, -0.25) is 57.5 Å². The highest BCUT2D eigenvalue weighted by atomic mass is 16.5. The number of rotatable bonds is 26. The van der Waals surface area contributed by atoms with Crippen molar-refractivity contribution >= 4 is 70.9 Å². The average molecular weight is 1390 g/mol. The Labute approximate surface area is 584 Å². The number of aliphatic hydroxyl groups excluding tert-OH is 1. The second-order valence-corrected chi connectivity index (χ2v) is 28.6. The van der Waals surface area contributed by atoms with E-state index in [1.165, 1.54) is 75.9 Å². The second kappa shape index (κ2) is 43.7. The Balaban J connectivity index is 4.44. The van der Waals surface area contributed by atoms with Crippen LogP contribution >= 0.6 is 0 Å². The summed E-state index contributed by atoms with van der Waals surface area (Å²) in [5, 5.41) is 25.8. The van der Waals surface area contributed by atoms with Gasteiger partial charge in [0.15, 0.2) is 0 Å². The van der Waals surface area contributed by atoms with Crippen LogP contribution in [-0.4, -0.2) is 279 Å². The van der Waals surface area contributed by atoms with Gasteiger partial charge in [0.1, 0.15) is 67.0 Å². The van der Waals surface area contributed by atoms with Gasteiger partial charge in [0, 0.05) is 62.5 Å². The molecule has 12 amide bonds. The zero-order valence-corrected chi connectivity index (χ0v) is 63.6. The zero-order valence-electron chi connectivity index (χ0n) is 63.6. The Kier molecular flexibility index (Phi) is 39.8. The SMILES string of the molecule is C/C=C\C[C@@H](C)[C@@H](O)C1C(=O)N[C@@H](CC)C(=O)N(C)CC(=O)N(C)[C@@H](CC(C)C)C(=O)N[C@@H](C(C)C)C(=O)N(C)[C@@H](CC(C)C)C(=O)N[C@@H](C)C(=O)N[C@H](COCC(=O)NCCOCCOCC)C(=O)N(C)[C@@H](CC(C)C)C(=O)N(C)[C@@H](CC(C)C)C(=O)N(C)[C@@H](C(C)C)C(=O)N1C. The minimum Gasteiger partial charge on any atom is -0.390 e. The van der Waals surface area contributed by atoms with E-state index >= 15 is 19.2 Å². The lowest BCUT2D eigenvalue weighted by molar-refractivity contribution is -0.157. The molecule has 1 rings (SSSR count). The highest BCUT2D eigenvalue weighted by Crippen LogP contribution is 2.26. The molecule has 0 radical (unpaired) electrons. The maximum atomic E-state index is 15.4. The smallest absolute Gasteiger partial charge is 0.247 e. The molecular formula is C70H126N12O16. The fourth-order valence-corrected chi connectivity index (χ4v) is 11.6. The van der Waals surface area contributed by atoms with E-state index in [4.69, 9.17) is 14.2 Å². The van der Waals surface area contributed by atoms with Gasteiger partial charge in [-0.05, 0) is 101 Å². The first-order chi connectivity index (χ1) is 45.6. The topological polar surface area (TPSA) is 336 Å². The number of hydrogen-bond acceptors (Lipinski definition) is 16. The van der Waals surface area contributed by atoms with Gasteiger partial charge in [-0.15, -0.1) is 0 Å². The highest BCUT2D eigenvalue weighted by Gasteiger charge is 2.46. The third kappa shape index (κ3) is 27.7. The molecule has 0 aromatic carbocycles. The predicted molar refractivity (Wildman–Crippen MR) is 374 cm³/mol. The standard InChI is InChI=1S/C70H126N12O16/c1-25-28-29-47(16)60(85)59-64(89)73-49(26-2)65(90)76(18)38-56(84)77(19)51(34-41(4)5)63(88)75-57(45(12)13)69(94)78(20)52(35-42(6)7)62(87)72-48(17)61(86)74-50(39-98-40-55(83)71-30-31-97-33-32-96-27-3)66(91)79(21)53(36-43(8)9)67(92)80(22)54(37-44(10)11)68(93)81(23)58(46(14)15)70(95)82(59)24/h25,28,41-54,57-60,85H,26-27,29-40H2,1-24H3,(H,71,83)(H,72,87)(H,73,89)(H,74,86)(H,75,88)/b28-25-/t47-,48+,49+,50-,51+,52+,53+,54+,57+,58+,59?,60-/m1/s1. The molecule has 6 N–H and O–H groups in total. The summed E-state index contributed by atoms with van der Waals surface area (Å²) < 4.78 is 16.6. The summed E-state index contributed by atoms with van der Waals surface area (Å²) in [5.74, 6) is -11.5. The van der Waals surface area contributed by atoms with Gasteiger partial charge in [-0.2, -0.15) is 0 Å². The number of carbonyl (C=O) groups excluding carboxylic acids is 12. The lowest BCUT2D eigenvalue weighted by atomic mass is 9.91. The van der Waals surface area contributed by atoms with Gasteiger partial charge < -0.3 is 80.2 Å². The Bertz CT molecular complexity index is 2640. The molecule has 562 valence electrons. The molecule has 12 atom stereocenters. The van der Waals surface area contributed by atoms with Crippen LogP contribution in [0.1, 0.15) is 156 Å². The molecule has 1 unspecified atom stereocenters. The molecule has 0 bridgehead atoms. The van der Waals surface area contributed by atoms with Crippen LogP contribution in [0.2, 0.25) is 0 Å². The molecule has 28 nitrogen and oxygen atoms in total. The molecule has 98 heavy (non-hydrogen) atoms. The molecule has 0 aromatic heterocycles. The number of aliphatic hydroxyl groups is 1. The first-order valence-electron chi connectivity index (χ1n) is 35.0. The number of amides is 12. The van der Waals surface area contributed by atoms with Crippen LogP contribution < -0.4 is 26.6 Å². The first-order valence-corrected chi connectivity index (χ1v) is 35.0. The van der Waals surface area contributed by atoms with Crippen molar-refractivity contribution in [3.05, 3.63) is 12.2 Å². The van der Waals surface area contributed by atoms with E-state index in [1.807, 2.05) is 62.3 Å². The van der Waals surface area contributed by atoms with E-state index in [0.29, 0.717) is 19.8 Å². The quantitative estimate of drug-likeness (QED) is 0.0535. The van der Waals surface area contributed by atoms with E-state index in [9.17, 15) is 43.5 Å². The van der Waals surface area contributed by atoms with Crippen LogP contribution in [-0.2, 0) is 71.7 Å². The van der Waals surface area contributed by atoms with Crippen LogP contribution in [0.3, 0.4) is 0 Å². The summed E-state index contributed by atoms with van der Waals surface area (Å²) in [4.78, 5) is 185. The number of likely N-dealkylation sites (N-methyl/N-ethyl adjacent to an activating group) is 7. The monoisotopic (exact) mass is 1390 g/mol. The van der Waals surface area contributed by atoms with E-state index in [-0.39, 0.29) is 75.3 Å². The Hall–Kier alpha value is -6.78. The van der Waals surface area contributed by atoms with Crippen molar-refractivity contribution in [2.24, 2.45) is 41.4 Å². The summed E-state index contributed by atoms with van der Waals surface area (Å²) >= 11 is 0. The van der Waals surface area contributed by atoms with Crippen LogP contribution in [0.4, 0.5) is 0 Å². The number of ether oxygens (including phenoxy) is 3. The number of carbonyl (C=O) groups is 12. The number of nitrogens with one attached hydrogen (secondary N) is 5. The molecule has 0 spiro atoms. The van der Waals surface area contributed by atoms with Crippen LogP contribution in [0.25, 0.3) is 0 Å². The molecule has 28 heteroatoms. The highest BCUT2D eigenvalue weighted by molar-refractivity contribution is 5.99. The maximum absolute atomic E-state index is 15.4. The van der Waals surface area contributed by atoms with Crippen molar-refractivity contribution in [2.75, 3.05) is 102 Å². The normalized spacial score (nSPS) is 24.8. The van der Waals surface area contributed by atoms with Crippen molar-refractivity contribution in [1.29, 1.82) is 0 Å². The van der Waals surface area contributed by atoms with Crippen LogP contribution in [0.15, 0.2) is 12.2 Å². The molecular weight excluding hydrogens is 1260 g/mol. The van der Waals surface area contributed by atoms with Gasteiger partial charge in [0.2, 0.25) is 70.9 Å². The van der Waals surface area contributed by atoms with E-state index in [0.717, 1.165) is 14.7 Å². The summed E-state index contributed by atoms with van der Waals surface area (Å²) in [5.41, 5.74) is 0. The van der Waals surface area contributed by atoms with Gasteiger partial charge in [-0.25, -0.2) is 0 Å². The molecule has 1 heterocycles.